The number of anilines is 6. The predicted molar refractivity (Wildman–Crippen MR) is 452 cm³/mol. The molecule has 19 aromatic rings. The van der Waals surface area contributed by atoms with E-state index in [1.165, 1.54) is 153 Å². The molecule has 0 bridgehead atoms. The standard InChI is InChI=1S/C102H69BN2/c1-102(2,3)72-62-97-99-98(63-72)105(101-87(91-58-70-34-12-16-38-75(70)79-42-20-24-46-83(79)91)50-27-51-88(101)92-59-71-35-13-17-39-76(71)80-43-21-25-47-84(80)92)96-55-53-67(65-30-8-5-9-31-65)61-94(96)103(99)93-60-66(64-28-6-4-7-29-64)52-54-95(93)104(97)100-85(89-56-68-32-10-14-36-73(68)77-40-18-22-44-81(77)89)48-26-49-86(100)90-57-69-33-11-15-37-74(69)78-41-19-23-45-82(78)90/h4-63H,1-3H3. The Hall–Kier alpha value is -13.1. The average Bonchev–Trinajstić information content (AvgIpc) is 0.685. The van der Waals surface area contributed by atoms with Gasteiger partial charge in [0, 0.05) is 45.0 Å². The molecule has 490 valence electrons. The third-order valence-electron chi connectivity index (χ3n) is 22.9. The van der Waals surface area contributed by atoms with E-state index in [1.807, 2.05) is 0 Å². The minimum atomic E-state index is -0.343. The van der Waals surface area contributed by atoms with Crippen molar-refractivity contribution in [3.63, 3.8) is 0 Å². The topological polar surface area (TPSA) is 6.48 Å². The van der Waals surface area contributed by atoms with Crippen molar-refractivity contribution >= 4 is 143 Å². The maximum absolute atomic E-state index is 2.75. The van der Waals surface area contributed by atoms with Crippen molar-refractivity contribution < 1.29 is 0 Å². The Morgan fingerprint density at radius 3 is 0.790 bits per heavy atom. The Balaban J connectivity index is 0.960. The Morgan fingerprint density at radius 2 is 0.486 bits per heavy atom. The van der Waals surface area contributed by atoms with Gasteiger partial charge in [0.1, 0.15) is 0 Å². The van der Waals surface area contributed by atoms with E-state index in [4.69, 9.17) is 0 Å². The lowest BCUT2D eigenvalue weighted by Crippen LogP contribution is -2.61. The first-order valence-electron chi connectivity index (χ1n) is 36.8. The van der Waals surface area contributed by atoms with Gasteiger partial charge in [-0.05, 0) is 207 Å². The number of para-hydroxylation sites is 2. The Bertz CT molecular complexity index is 6170. The summed E-state index contributed by atoms with van der Waals surface area (Å²) < 4.78 is 0. The first-order chi connectivity index (χ1) is 51.8. The summed E-state index contributed by atoms with van der Waals surface area (Å²) in [5.74, 6) is 0. The lowest BCUT2D eigenvalue weighted by atomic mass is 9.33. The van der Waals surface area contributed by atoms with Crippen LogP contribution in [0, 0.1) is 0 Å². The van der Waals surface area contributed by atoms with Crippen LogP contribution in [0.2, 0.25) is 0 Å². The van der Waals surface area contributed by atoms with Crippen LogP contribution in [0.1, 0.15) is 26.3 Å². The molecular formula is C102H69BN2. The number of hydrogen-bond donors (Lipinski definition) is 0. The van der Waals surface area contributed by atoms with Crippen LogP contribution in [0.5, 0.6) is 0 Å². The Kier molecular flexibility index (Phi) is 13.7. The first-order valence-corrected chi connectivity index (χ1v) is 36.8. The molecule has 2 nitrogen and oxygen atoms in total. The quantitative estimate of drug-likeness (QED) is 0.111. The summed E-state index contributed by atoms with van der Waals surface area (Å²) in [5.41, 5.74) is 25.5. The minimum absolute atomic E-state index is 0.258. The summed E-state index contributed by atoms with van der Waals surface area (Å²) in [5, 5.41) is 19.5. The molecule has 0 N–H and O–H groups in total. The van der Waals surface area contributed by atoms with Crippen molar-refractivity contribution in [3.8, 4) is 66.8 Å². The highest BCUT2D eigenvalue weighted by molar-refractivity contribution is 7.00. The zero-order valence-electron chi connectivity index (χ0n) is 58.6. The maximum Gasteiger partial charge on any atom is 0.252 e. The van der Waals surface area contributed by atoms with E-state index in [2.05, 4.69) is 395 Å². The lowest BCUT2D eigenvalue weighted by Gasteiger charge is -2.46. The second kappa shape index (κ2) is 23.8. The minimum Gasteiger partial charge on any atom is -0.310 e. The van der Waals surface area contributed by atoms with E-state index >= 15 is 0 Å². The fourth-order valence-corrected chi connectivity index (χ4v) is 18.1. The molecule has 0 fully saturated rings. The highest BCUT2D eigenvalue weighted by Gasteiger charge is 2.46. The van der Waals surface area contributed by atoms with Crippen molar-refractivity contribution in [3.05, 3.63) is 370 Å². The van der Waals surface area contributed by atoms with Crippen molar-refractivity contribution in [2.75, 3.05) is 9.80 Å². The molecule has 2 aliphatic heterocycles. The van der Waals surface area contributed by atoms with Gasteiger partial charge in [0.2, 0.25) is 0 Å². The van der Waals surface area contributed by atoms with Crippen LogP contribution in [0.4, 0.5) is 34.1 Å². The van der Waals surface area contributed by atoms with E-state index in [9.17, 15) is 0 Å². The van der Waals surface area contributed by atoms with Crippen LogP contribution < -0.4 is 26.2 Å². The molecule has 0 unspecified atom stereocenters. The number of rotatable bonds is 8. The molecule has 2 aliphatic rings. The third kappa shape index (κ3) is 9.51. The van der Waals surface area contributed by atoms with Crippen molar-refractivity contribution in [2.24, 2.45) is 0 Å². The number of fused-ring (bicyclic) bond motifs is 16. The summed E-state index contributed by atoms with van der Waals surface area (Å²) in [6.07, 6.45) is 0. The Morgan fingerprint density at radius 1 is 0.210 bits per heavy atom. The normalized spacial score (nSPS) is 12.7. The molecule has 0 aromatic heterocycles. The van der Waals surface area contributed by atoms with Crippen molar-refractivity contribution in [1.29, 1.82) is 0 Å². The van der Waals surface area contributed by atoms with Crippen LogP contribution in [0.3, 0.4) is 0 Å². The molecule has 21 rings (SSSR count). The number of nitrogens with zero attached hydrogens (tertiary/aromatic N) is 2. The summed E-state index contributed by atoms with van der Waals surface area (Å²) in [6, 6.07) is 139. The van der Waals surface area contributed by atoms with Gasteiger partial charge < -0.3 is 9.80 Å². The molecule has 2 heterocycles. The molecular weight excluding hydrogens is 1260 g/mol. The molecule has 19 aromatic carbocycles. The van der Waals surface area contributed by atoms with Crippen LogP contribution in [0.15, 0.2) is 364 Å². The summed E-state index contributed by atoms with van der Waals surface area (Å²) in [4.78, 5) is 5.50. The molecule has 0 saturated heterocycles. The van der Waals surface area contributed by atoms with E-state index in [1.54, 1.807) is 0 Å². The van der Waals surface area contributed by atoms with Gasteiger partial charge in [-0.2, -0.15) is 0 Å². The fourth-order valence-electron chi connectivity index (χ4n) is 18.1. The van der Waals surface area contributed by atoms with E-state index in [-0.39, 0.29) is 12.1 Å². The maximum atomic E-state index is 2.75. The smallest absolute Gasteiger partial charge is 0.252 e. The third-order valence-corrected chi connectivity index (χ3v) is 22.9. The van der Waals surface area contributed by atoms with E-state index < -0.39 is 0 Å². The van der Waals surface area contributed by atoms with Crippen LogP contribution >= 0.6 is 0 Å². The SMILES string of the molecule is CC(C)(C)c1cc2c3c(c1)N(c1c(-c4cc5ccccc5c5ccccc45)cccc1-c1cc4ccccc4c4ccccc14)c1ccc(-c4ccccc4)cc1B3c1cc(-c3ccccc3)ccc1N2c1c(-c2cc3ccccc3c3ccccc23)cccc1-c1cc2ccccc2c2ccccc12. The van der Waals surface area contributed by atoms with E-state index in [0.717, 1.165) is 56.4 Å². The highest BCUT2D eigenvalue weighted by atomic mass is 15.2. The molecule has 0 spiro atoms. The van der Waals surface area contributed by atoms with Gasteiger partial charge in [-0.15, -0.1) is 0 Å². The van der Waals surface area contributed by atoms with E-state index in [0.29, 0.717) is 0 Å². The molecule has 0 aliphatic carbocycles. The van der Waals surface area contributed by atoms with Gasteiger partial charge in [0.25, 0.3) is 6.71 Å². The second-order valence-corrected chi connectivity index (χ2v) is 29.7. The van der Waals surface area contributed by atoms with Gasteiger partial charge in [0.05, 0.1) is 11.4 Å². The number of hydrogen-bond acceptors (Lipinski definition) is 2. The molecule has 0 saturated carbocycles. The van der Waals surface area contributed by atoms with Gasteiger partial charge >= 0.3 is 0 Å². The number of benzene rings is 19. The Labute approximate surface area is 611 Å². The summed E-state index contributed by atoms with van der Waals surface area (Å²) in [7, 11) is 0. The van der Waals surface area contributed by atoms with Crippen LogP contribution in [-0.4, -0.2) is 6.71 Å². The summed E-state index contributed by atoms with van der Waals surface area (Å²) in [6.45, 7) is 6.96. The molecule has 0 radical (unpaired) electrons. The van der Waals surface area contributed by atoms with Crippen molar-refractivity contribution in [1.82, 2.24) is 0 Å². The largest absolute Gasteiger partial charge is 0.310 e. The first kappa shape index (κ1) is 60.7. The molecule has 3 heteroatoms. The van der Waals surface area contributed by atoms with Gasteiger partial charge in [-0.3, -0.25) is 0 Å². The monoisotopic (exact) mass is 1330 g/mol. The zero-order chi connectivity index (χ0) is 69.6. The lowest BCUT2D eigenvalue weighted by molar-refractivity contribution is 0.590. The zero-order valence-corrected chi connectivity index (χ0v) is 58.6. The second-order valence-electron chi connectivity index (χ2n) is 29.7. The summed E-state index contributed by atoms with van der Waals surface area (Å²) >= 11 is 0. The van der Waals surface area contributed by atoms with Gasteiger partial charge in [-0.1, -0.05) is 336 Å². The van der Waals surface area contributed by atoms with Crippen molar-refractivity contribution in [2.45, 2.75) is 26.2 Å². The van der Waals surface area contributed by atoms with Crippen LogP contribution in [-0.2, 0) is 5.41 Å². The van der Waals surface area contributed by atoms with Crippen LogP contribution in [0.25, 0.3) is 153 Å². The molecule has 0 atom stereocenters. The fraction of sp³-hybridized carbons (Fsp3) is 0.0392. The molecule has 105 heavy (non-hydrogen) atoms. The van der Waals surface area contributed by atoms with Gasteiger partial charge in [0.15, 0.2) is 0 Å². The molecule has 0 amide bonds. The highest BCUT2D eigenvalue weighted by Crippen LogP contribution is 2.57. The average molecular weight is 1330 g/mol. The van der Waals surface area contributed by atoms with Gasteiger partial charge in [-0.25, -0.2) is 0 Å². The predicted octanol–water partition coefficient (Wildman–Crippen LogP) is 26.3.